The van der Waals surface area contributed by atoms with Gasteiger partial charge in [0.2, 0.25) is 0 Å². The highest BCUT2D eigenvalue weighted by molar-refractivity contribution is 6.36. The van der Waals surface area contributed by atoms with E-state index in [-0.39, 0.29) is 23.7 Å². The van der Waals surface area contributed by atoms with Gasteiger partial charge in [-0.3, -0.25) is 19.5 Å². The molecule has 4 rings (SSSR count). The Balaban J connectivity index is 1.72. The number of halogens is 1. The van der Waals surface area contributed by atoms with Crippen molar-refractivity contribution >= 4 is 34.7 Å². The van der Waals surface area contributed by atoms with Crippen LogP contribution in [-0.2, 0) is 16.1 Å². The standard InChI is InChI=1S/C25H22ClN3O4/c1-3-33-19-7-4-17(5-8-19)22-23(28-18-6-9-21(32-2)20(26)14-18)25(31)29(24(22)30)15-16-10-12-27-13-11-16/h4-14,28H,3,15H2,1-2H3. The van der Waals surface area contributed by atoms with Gasteiger partial charge in [-0.2, -0.15) is 0 Å². The van der Waals surface area contributed by atoms with Crippen LogP contribution in [0.15, 0.2) is 72.7 Å². The molecule has 0 saturated heterocycles. The summed E-state index contributed by atoms with van der Waals surface area (Å²) >= 11 is 6.25. The molecule has 1 aliphatic rings. The number of carbonyl (C=O) groups excluding carboxylic acids is 2. The van der Waals surface area contributed by atoms with E-state index in [0.717, 1.165) is 5.56 Å². The van der Waals surface area contributed by atoms with E-state index >= 15 is 0 Å². The lowest BCUT2D eigenvalue weighted by Gasteiger charge is -2.15. The lowest BCUT2D eigenvalue weighted by atomic mass is 10.0. The monoisotopic (exact) mass is 463 g/mol. The number of pyridine rings is 1. The van der Waals surface area contributed by atoms with Gasteiger partial charge >= 0.3 is 0 Å². The summed E-state index contributed by atoms with van der Waals surface area (Å²) in [7, 11) is 1.52. The average molecular weight is 464 g/mol. The topological polar surface area (TPSA) is 80.8 Å². The first-order chi connectivity index (χ1) is 16.0. The molecule has 33 heavy (non-hydrogen) atoms. The zero-order valence-corrected chi connectivity index (χ0v) is 18.9. The van der Waals surface area contributed by atoms with Crippen molar-refractivity contribution in [3.05, 3.63) is 88.8 Å². The molecule has 168 valence electrons. The zero-order valence-electron chi connectivity index (χ0n) is 18.2. The van der Waals surface area contributed by atoms with Crippen molar-refractivity contribution in [1.29, 1.82) is 0 Å². The van der Waals surface area contributed by atoms with E-state index in [1.54, 1.807) is 67.0 Å². The molecule has 3 aromatic rings. The van der Waals surface area contributed by atoms with Crippen LogP contribution in [0.4, 0.5) is 5.69 Å². The third-order valence-electron chi connectivity index (χ3n) is 5.13. The van der Waals surface area contributed by atoms with Gasteiger partial charge in [-0.25, -0.2) is 0 Å². The summed E-state index contributed by atoms with van der Waals surface area (Å²) < 4.78 is 10.7. The van der Waals surface area contributed by atoms with Gasteiger partial charge < -0.3 is 14.8 Å². The van der Waals surface area contributed by atoms with Crippen LogP contribution in [0, 0.1) is 0 Å². The first kappa shape index (κ1) is 22.4. The molecule has 1 N–H and O–H groups in total. The molecule has 0 unspecified atom stereocenters. The number of anilines is 1. The zero-order chi connectivity index (χ0) is 23.4. The molecule has 2 aromatic carbocycles. The Morgan fingerprint density at radius 3 is 2.36 bits per heavy atom. The maximum absolute atomic E-state index is 13.4. The Morgan fingerprint density at radius 2 is 1.73 bits per heavy atom. The number of nitrogens with zero attached hydrogens (tertiary/aromatic N) is 2. The Hall–Kier alpha value is -3.84. The summed E-state index contributed by atoms with van der Waals surface area (Å²) in [5, 5.41) is 3.49. The summed E-state index contributed by atoms with van der Waals surface area (Å²) in [6, 6.07) is 15.7. The highest BCUT2D eigenvalue weighted by Gasteiger charge is 2.39. The number of rotatable bonds is 8. The second kappa shape index (κ2) is 9.75. The van der Waals surface area contributed by atoms with Crippen molar-refractivity contribution in [2.24, 2.45) is 0 Å². The second-order valence-corrected chi connectivity index (χ2v) is 7.64. The molecule has 0 saturated carbocycles. The number of benzene rings is 2. The van der Waals surface area contributed by atoms with Crippen LogP contribution in [0.2, 0.25) is 5.02 Å². The molecule has 1 aliphatic heterocycles. The first-order valence-corrected chi connectivity index (χ1v) is 10.7. The third-order valence-corrected chi connectivity index (χ3v) is 5.43. The van der Waals surface area contributed by atoms with Crippen LogP contribution in [0.3, 0.4) is 0 Å². The molecule has 2 heterocycles. The van der Waals surface area contributed by atoms with Gasteiger partial charge in [0.25, 0.3) is 11.8 Å². The summed E-state index contributed by atoms with van der Waals surface area (Å²) in [4.78, 5) is 32.0. The number of amides is 2. The lowest BCUT2D eigenvalue weighted by Crippen LogP contribution is -2.32. The Bertz CT molecular complexity index is 1210. The number of carbonyl (C=O) groups is 2. The Kier molecular flexibility index (Phi) is 6.60. The molecule has 1 aromatic heterocycles. The molecule has 0 fully saturated rings. The van der Waals surface area contributed by atoms with Crippen molar-refractivity contribution in [1.82, 2.24) is 9.88 Å². The van der Waals surface area contributed by atoms with Crippen LogP contribution in [-0.4, -0.2) is 35.4 Å². The van der Waals surface area contributed by atoms with Gasteiger partial charge in [-0.1, -0.05) is 23.7 Å². The van der Waals surface area contributed by atoms with E-state index in [1.807, 2.05) is 6.92 Å². The van der Waals surface area contributed by atoms with Gasteiger partial charge in [0.1, 0.15) is 17.2 Å². The largest absolute Gasteiger partial charge is 0.495 e. The normalized spacial score (nSPS) is 13.5. The number of imide groups is 1. The molecule has 0 radical (unpaired) electrons. The number of aromatic nitrogens is 1. The highest BCUT2D eigenvalue weighted by atomic mass is 35.5. The summed E-state index contributed by atoms with van der Waals surface area (Å²) in [6.45, 7) is 2.56. The minimum atomic E-state index is -0.423. The number of nitrogens with one attached hydrogen (secondary N) is 1. The highest BCUT2D eigenvalue weighted by Crippen LogP contribution is 2.34. The smallest absolute Gasteiger partial charge is 0.278 e. The van der Waals surface area contributed by atoms with Crippen molar-refractivity contribution in [3.63, 3.8) is 0 Å². The molecule has 0 aliphatic carbocycles. The Morgan fingerprint density at radius 1 is 1.00 bits per heavy atom. The minimum absolute atomic E-state index is 0.134. The van der Waals surface area contributed by atoms with Crippen LogP contribution in [0.1, 0.15) is 18.1 Å². The molecule has 2 amide bonds. The summed E-state index contributed by atoms with van der Waals surface area (Å²) in [5.41, 5.74) is 2.43. The number of hydrogen-bond donors (Lipinski definition) is 1. The maximum Gasteiger partial charge on any atom is 0.278 e. The van der Waals surface area contributed by atoms with E-state index in [4.69, 9.17) is 21.1 Å². The van der Waals surface area contributed by atoms with Gasteiger partial charge in [0.15, 0.2) is 0 Å². The Labute approximate surface area is 196 Å². The fourth-order valence-corrected chi connectivity index (χ4v) is 3.80. The predicted octanol–water partition coefficient (Wildman–Crippen LogP) is 4.53. The fraction of sp³-hybridized carbons (Fsp3) is 0.160. The van der Waals surface area contributed by atoms with Crippen molar-refractivity contribution in [2.45, 2.75) is 13.5 Å². The first-order valence-electron chi connectivity index (χ1n) is 10.3. The van der Waals surface area contributed by atoms with Gasteiger partial charge in [-0.05, 0) is 60.5 Å². The average Bonchev–Trinajstić information content (AvgIpc) is 3.05. The van der Waals surface area contributed by atoms with Crippen molar-refractivity contribution in [2.75, 3.05) is 19.0 Å². The van der Waals surface area contributed by atoms with Gasteiger partial charge in [0, 0.05) is 18.1 Å². The van der Waals surface area contributed by atoms with Gasteiger partial charge in [-0.15, -0.1) is 0 Å². The van der Waals surface area contributed by atoms with E-state index in [0.29, 0.717) is 34.4 Å². The van der Waals surface area contributed by atoms with E-state index < -0.39 is 5.91 Å². The van der Waals surface area contributed by atoms with Crippen LogP contribution in [0.5, 0.6) is 11.5 Å². The molecule has 0 bridgehead atoms. The molecular formula is C25H22ClN3O4. The number of methoxy groups -OCH3 is 1. The molecule has 8 heteroatoms. The number of hydrogen-bond acceptors (Lipinski definition) is 6. The number of ether oxygens (including phenoxy) is 2. The summed E-state index contributed by atoms with van der Waals surface area (Å²) in [5.74, 6) is 0.385. The van der Waals surface area contributed by atoms with E-state index in [2.05, 4.69) is 10.3 Å². The maximum atomic E-state index is 13.4. The lowest BCUT2D eigenvalue weighted by molar-refractivity contribution is -0.137. The van der Waals surface area contributed by atoms with Crippen LogP contribution in [0.25, 0.3) is 5.57 Å². The van der Waals surface area contributed by atoms with Crippen LogP contribution >= 0.6 is 11.6 Å². The fourth-order valence-electron chi connectivity index (χ4n) is 3.55. The molecule has 0 spiro atoms. The predicted molar refractivity (Wildman–Crippen MR) is 126 cm³/mol. The summed E-state index contributed by atoms with van der Waals surface area (Å²) in [6.07, 6.45) is 3.25. The second-order valence-electron chi connectivity index (χ2n) is 7.23. The van der Waals surface area contributed by atoms with E-state index in [9.17, 15) is 9.59 Å². The minimum Gasteiger partial charge on any atom is -0.495 e. The van der Waals surface area contributed by atoms with E-state index in [1.165, 1.54) is 12.0 Å². The molecule has 7 nitrogen and oxygen atoms in total. The SMILES string of the molecule is CCOc1ccc(C2=C(Nc3ccc(OC)c(Cl)c3)C(=O)N(Cc3ccncc3)C2=O)cc1. The van der Waals surface area contributed by atoms with Crippen molar-refractivity contribution < 1.29 is 19.1 Å². The quantitative estimate of drug-likeness (QED) is 0.494. The van der Waals surface area contributed by atoms with Crippen LogP contribution < -0.4 is 14.8 Å². The molecular weight excluding hydrogens is 442 g/mol. The van der Waals surface area contributed by atoms with Crippen molar-refractivity contribution in [3.8, 4) is 11.5 Å². The van der Waals surface area contributed by atoms with Gasteiger partial charge in [0.05, 0.1) is 30.9 Å². The third kappa shape index (κ3) is 4.68. The molecule has 0 atom stereocenters.